The van der Waals surface area contributed by atoms with Crippen LogP contribution in [0.2, 0.25) is 0 Å². The van der Waals surface area contributed by atoms with Gasteiger partial charge in [0.25, 0.3) is 0 Å². The minimum absolute atomic E-state index is 0.0520. The van der Waals surface area contributed by atoms with Gasteiger partial charge in [-0.05, 0) is 22.6 Å². The van der Waals surface area contributed by atoms with Crippen LogP contribution >= 0.6 is 11.3 Å². The zero-order valence-corrected chi connectivity index (χ0v) is 12.1. The van der Waals surface area contributed by atoms with Crippen molar-refractivity contribution in [3.63, 3.8) is 0 Å². The number of hydrogen-bond donors (Lipinski definition) is 1. The molecule has 0 saturated heterocycles. The molecule has 0 aliphatic rings. The van der Waals surface area contributed by atoms with E-state index in [1.807, 2.05) is 30.3 Å². The number of alkyl halides is 3. The van der Waals surface area contributed by atoms with Crippen LogP contribution in [0.3, 0.4) is 0 Å². The third-order valence-electron chi connectivity index (χ3n) is 2.75. The third-order valence-corrected chi connectivity index (χ3v) is 3.69. The van der Waals surface area contributed by atoms with Crippen LogP contribution in [-0.2, 0) is 11.3 Å². The molecule has 1 aromatic carbocycles. The van der Waals surface area contributed by atoms with Gasteiger partial charge in [-0.3, -0.25) is 0 Å². The fourth-order valence-corrected chi connectivity index (χ4v) is 2.66. The number of nitrogens with one attached hydrogen (secondary N) is 1. The summed E-state index contributed by atoms with van der Waals surface area (Å²) in [4.78, 5) is 1.14. The summed E-state index contributed by atoms with van der Waals surface area (Å²) in [5.41, 5.74) is 2.32. The molecule has 0 amide bonds. The summed E-state index contributed by atoms with van der Waals surface area (Å²) in [6.07, 6.45) is -4.25. The molecule has 0 saturated carbocycles. The van der Waals surface area contributed by atoms with Crippen molar-refractivity contribution < 1.29 is 17.9 Å². The molecule has 2 rings (SSSR count). The van der Waals surface area contributed by atoms with Gasteiger partial charge in [-0.1, -0.05) is 30.3 Å². The fourth-order valence-electron chi connectivity index (χ4n) is 1.80. The first-order valence-electron chi connectivity index (χ1n) is 6.53. The lowest BCUT2D eigenvalue weighted by molar-refractivity contribution is -0.173. The maximum absolute atomic E-state index is 11.8. The summed E-state index contributed by atoms with van der Waals surface area (Å²) < 4.78 is 40.1. The quantitative estimate of drug-likeness (QED) is 0.777. The lowest BCUT2D eigenvalue weighted by atomic mass is 10.1. The molecule has 0 unspecified atom stereocenters. The molecule has 0 bridgehead atoms. The van der Waals surface area contributed by atoms with E-state index in [9.17, 15) is 13.2 Å². The van der Waals surface area contributed by atoms with E-state index in [4.69, 9.17) is 0 Å². The van der Waals surface area contributed by atoms with E-state index in [0.717, 1.165) is 16.0 Å². The molecule has 21 heavy (non-hydrogen) atoms. The molecule has 2 aromatic rings. The van der Waals surface area contributed by atoms with Crippen molar-refractivity contribution in [3.8, 4) is 11.1 Å². The van der Waals surface area contributed by atoms with Gasteiger partial charge in [0.15, 0.2) is 0 Å². The predicted octanol–water partition coefficient (Wildman–Crippen LogP) is 4.08. The van der Waals surface area contributed by atoms with Crippen molar-refractivity contribution in [3.05, 3.63) is 46.7 Å². The minimum Gasteiger partial charge on any atom is -0.371 e. The van der Waals surface area contributed by atoms with Crippen LogP contribution in [0.15, 0.2) is 41.8 Å². The van der Waals surface area contributed by atoms with Gasteiger partial charge in [-0.15, -0.1) is 11.3 Å². The second-order valence-electron chi connectivity index (χ2n) is 4.51. The van der Waals surface area contributed by atoms with Crippen molar-refractivity contribution in [2.24, 2.45) is 0 Å². The minimum atomic E-state index is -4.25. The van der Waals surface area contributed by atoms with Crippen LogP contribution in [0.4, 0.5) is 13.2 Å². The SMILES string of the molecule is FC(F)(F)COCCNCc1cc(-c2ccccc2)cs1. The molecule has 0 spiro atoms. The van der Waals surface area contributed by atoms with E-state index in [0.29, 0.717) is 13.1 Å². The van der Waals surface area contributed by atoms with E-state index in [1.165, 1.54) is 0 Å². The second-order valence-corrected chi connectivity index (χ2v) is 5.51. The standard InChI is InChI=1S/C15H16F3NOS/c16-15(17,18)11-20-7-6-19-9-14-8-13(10-21-14)12-4-2-1-3-5-12/h1-5,8,10,19H,6-7,9,11H2. The smallest absolute Gasteiger partial charge is 0.371 e. The van der Waals surface area contributed by atoms with Crippen LogP contribution in [0.5, 0.6) is 0 Å². The van der Waals surface area contributed by atoms with Crippen LogP contribution in [0, 0.1) is 0 Å². The van der Waals surface area contributed by atoms with E-state index in [2.05, 4.69) is 21.5 Å². The zero-order valence-electron chi connectivity index (χ0n) is 11.3. The van der Waals surface area contributed by atoms with Gasteiger partial charge in [0.1, 0.15) is 6.61 Å². The van der Waals surface area contributed by atoms with Crippen LogP contribution in [0.25, 0.3) is 11.1 Å². The van der Waals surface area contributed by atoms with Crippen LogP contribution in [0.1, 0.15) is 4.88 Å². The Labute approximate surface area is 125 Å². The van der Waals surface area contributed by atoms with Gasteiger partial charge in [0.05, 0.1) is 6.61 Å². The number of halogens is 3. The van der Waals surface area contributed by atoms with E-state index >= 15 is 0 Å². The van der Waals surface area contributed by atoms with Crippen molar-refractivity contribution >= 4 is 11.3 Å². The summed E-state index contributed by atoms with van der Waals surface area (Å²) in [7, 11) is 0. The van der Waals surface area contributed by atoms with Crippen LogP contribution in [-0.4, -0.2) is 25.9 Å². The Bertz CT molecular complexity index is 539. The van der Waals surface area contributed by atoms with Gasteiger partial charge >= 0.3 is 6.18 Å². The average molecular weight is 315 g/mol. The molecule has 0 radical (unpaired) electrons. The largest absolute Gasteiger partial charge is 0.411 e. The van der Waals surface area contributed by atoms with Crippen molar-refractivity contribution in [1.82, 2.24) is 5.32 Å². The molecule has 1 aromatic heterocycles. The molecular weight excluding hydrogens is 299 g/mol. The Morgan fingerprint density at radius 2 is 1.86 bits per heavy atom. The Balaban J connectivity index is 1.69. The van der Waals surface area contributed by atoms with Gasteiger partial charge in [0, 0.05) is 18.0 Å². The van der Waals surface area contributed by atoms with Gasteiger partial charge in [-0.25, -0.2) is 0 Å². The number of hydrogen-bond acceptors (Lipinski definition) is 3. The highest BCUT2D eigenvalue weighted by molar-refractivity contribution is 7.10. The highest BCUT2D eigenvalue weighted by Gasteiger charge is 2.27. The Morgan fingerprint density at radius 1 is 1.10 bits per heavy atom. The number of rotatable bonds is 7. The van der Waals surface area contributed by atoms with Crippen molar-refractivity contribution in [1.29, 1.82) is 0 Å². The summed E-state index contributed by atoms with van der Waals surface area (Å²) in [5.74, 6) is 0. The Morgan fingerprint density at radius 3 is 2.57 bits per heavy atom. The number of ether oxygens (including phenoxy) is 1. The summed E-state index contributed by atoms with van der Waals surface area (Å²) in [6, 6.07) is 12.1. The molecule has 2 nitrogen and oxygen atoms in total. The third kappa shape index (κ3) is 5.87. The van der Waals surface area contributed by atoms with Gasteiger partial charge in [-0.2, -0.15) is 13.2 Å². The molecule has 0 aliphatic carbocycles. The lowest BCUT2D eigenvalue weighted by Gasteiger charge is -2.07. The van der Waals surface area contributed by atoms with E-state index in [-0.39, 0.29) is 6.61 Å². The first-order valence-corrected chi connectivity index (χ1v) is 7.40. The molecule has 0 fully saturated rings. The van der Waals surface area contributed by atoms with Gasteiger partial charge in [0.2, 0.25) is 0 Å². The van der Waals surface area contributed by atoms with E-state index in [1.54, 1.807) is 11.3 Å². The second kappa shape index (κ2) is 7.59. The first kappa shape index (κ1) is 16.0. The monoisotopic (exact) mass is 315 g/mol. The highest BCUT2D eigenvalue weighted by atomic mass is 32.1. The topological polar surface area (TPSA) is 21.3 Å². The highest BCUT2D eigenvalue weighted by Crippen LogP contribution is 2.25. The fraction of sp³-hybridized carbons (Fsp3) is 0.333. The Hall–Kier alpha value is -1.37. The normalized spacial score (nSPS) is 11.8. The summed E-state index contributed by atoms with van der Waals surface area (Å²) >= 11 is 1.63. The maximum Gasteiger partial charge on any atom is 0.411 e. The summed E-state index contributed by atoms with van der Waals surface area (Å²) in [5, 5.41) is 5.15. The maximum atomic E-state index is 11.8. The predicted molar refractivity (Wildman–Crippen MR) is 78.3 cm³/mol. The zero-order chi connectivity index (χ0) is 15.1. The number of thiophene rings is 1. The van der Waals surface area contributed by atoms with Crippen molar-refractivity contribution in [2.75, 3.05) is 19.8 Å². The van der Waals surface area contributed by atoms with E-state index < -0.39 is 12.8 Å². The lowest BCUT2D eigenvalue weighted by Crippen LogP contribution is -2.23. The molecule has 1 heterocycles. The van der Waals surface area contributed by atoms with Crippen molar-refractivity contribution in [2.45, 2.75) is 12.7 Å². The van der Waals surface area contributed by atoms with Crippen LogP contribution < -0.4 is 5.32 Å². The van der Waals surface area contributed by atoms with Gasteiger partial charge < -0.3 is 10.1 Å². The molecule has 0 atom stereocenters. The molecule has 0 aliphatic heterocycles. The molecule has 114 valence electrons. The molecule has 6 heteroatoms. The average Bonchev–Trinajstić information content (AvgIpc) is 2.91. The Kier molecular flexibility index (Phi) is 5.78. The number of benzene rings is 1. The molecular formula is C15H16F3NOS. The molecule has 1 N–H and O–H groups in total. The summed E-state index contributed by atoms with van der Waals surface area (Å²) in [6.45, 7) is -0.107. The first-order chi connectivity index (χ1) is 10.0.